The molecule has 0 saturated heterocycles. The van der Waals surface area contributed by atoms with E-state index < -0.39 is 12.6 Å². The second-order valence-electron chi connectivity index (χ2n) is 4.68. The minimum absolute atomic E-state index is 0.00897. The molecule has 6 heteroatoms. The minimum Gasteiger partial charge on any atom is -0.497 e. The number of ether oxygens (including phenoxy) is 2. The van der Waals surface area contributed by atoms with Crippen LogP contribution < -0.4 is 10.1 Å². The lowest BCUT2D eigenvalue weighted by molar-refractivity contribution is -0.138. The van der Waals surface area contributed by atoms with Crippen molar-refractivity contribution in [3.05, 3.63) is 29.8 Å². The van der Waals surface area contributed by atoms with Gasteiger partial charge in [0.15, 0.2) is 0 Å². The maximum absolute atomic E-state index is 12.0. The number of alkyl halides is 3. The Bertz CT molecular complexity index is 393. The first-order chi connectivity index (χ1) is 9.96. The Balaban J connectivity index is 2.42. The average molecular weight is 305 g/mol. The Morgan fingerprint density at radius 2 is 1.86 bits per heavy atom. The highest BCUT2D eigenvalue weighted by Gasteiger charge is 2.26. The van der Waals surface area contributed by atoms with Gasteiger partial charge in [0.25, 0.3) is 0 Å². The van der Waals surface area contributed by atoms with Crippen LogP contribution in [0.25, 0.3) is 0 Å². The summed E-state index contributed by atoms with van der Waals surface area (Å²) in [5.41, 5.74) is 1.02. The molecule has 1 rings (SSSR count). The van der Waals surface area contributed by atoms with Crippen molar-refractivity contribution in [2.24, 2.45) is 0 Å². The standard InChI is InChI=1S/C15H22F3NO2/c1-3-19-14(11-21-10-4-9-15(16,17)18)12-5-7-13(20-2)8-6-12/h5-8,14,19H,3-4,9-11H2,1-2H3. The van der Waals surface area contributed by atoms with E-state index in [4.69, 9.17) is 9.47 Å². The Kier molecular flexibility index (Phi) is 7.53. The zero-order valence-electron chi connectivity index (χ0n) is 12.4. The van der Waals surface area contributed by atoms with E-state index in [9.17, 15) is 13.2 Å². The van der Waals surface area contributed by atoms with Gasteiger partial charge in [-0.3, -0.25) is 0 Å². The van der Waals surface area contributed by atoms with E-state index in [1.54, 1.807) is 7.11 Å². The molecule has 0 aromatic heterocycles. The zero-order chi connectivity index (χ0) is 15.7. The third-order valence-electron chi connectivity index (χ3n) is 3.00. The Labute approximate surface area is 123 Å². The van der Waals surface area contributed by atoms with Crippen LogP contribution >= 0.6 is 0 Å². The summed E-state index contributed by atoms with van der Waals surface area (Å²) in [4.78, 5) is 0. The molecule has 0 aliphatic heterocycles. The second-order valence-corrected chi connectivity index (χ2v) is 4.68. The summed E-state index contributed by atoms with van der Waals surface area (Å²) in [6.45, 7) is 3.18. The monoisotopic (exact) mass is 305 g/mol. The molecule has 0 saturated carbocycles. The van der Waals surface area contributed by atoms with Crippen LogP contribution in [0.3, 0.4) is 0 Å². The van der Waals surface area contributed by atoms with Gasteiger partial charge in [-0.25, -0.2) is 0 Å². The van der Waals surface area contributed by atoms with E-state index in [0.29, 0.717) is 6.61 Å². The molecule has 3 nitrogen and oxygen atoms in total. The van der Waals surface area contributed by atoms with Gasteiger partial charge in [-0.15, -0.1) is 0 Å². The topological polar surface area (TPSA) is 30.5 Å². The van der Waals surface area contributed by atoms with Crippen molar-refractivity contribution in [1.29, 1.82) is 0 Å². The molecule has 0 aliphatic rings. The largest absolute Gasteiger partial charge is 0.497 e. The molecular weight excluding hydrogens is 283 g/mol. The van der Waals surface area contributed by atoms with Gasteiger partial charge in [0.1, 0.15) is 5.75 Å². The number of methoxy groups -OCH3 is 1. The van der Waals surface area contributed by atoms with Gasteiger partial charge in [-0.05, 0) is 30.7 Å². The van der Waals surface area contributed by atoms with E-state index in [0.717, 1.165) is 17.9 Å². The summed E-state index contributed by atoms with van der Waals surface area (Å²) < 4.78 is 46.5. The van der Waals surface area contributed by atoms with E-state index in [1.165, 1.54) is 0 Å². The van der Waals surface area contributed by atoms with Crippen LogP contribution in [-0.2, 0) is 4.74 Å². The summed E-state index contributed by atoms with van der Waals surface area (Å²) in [6, 6.07) is 7.51. The van der Waals surface area contributed by atoms with E-state index in [1.807, 2.05) is 31.2 Å². The van der Waals surface area contributed by atoms with Crippen LogP contribution in [0.4, 0.5) is 13.2 Å². The van der Waals surface area contributed by atoms with Crippen LogP contribution in [0.2, 0.25) is 0 Å². The number of hydrogen-bond acceptors (Lipinski definition) is 3. The molecule has 21 heavy (non-hydrogen) atoms. The van der Waals surface area contributed by atoms with Crippen molar-refractivity contribution in [1.82, 2.24) is 5.32 Å². The predicted octanol–water partition coefficient (Wildman–Crippen LogP) is 3.70. The average Bonchev–Trinajstić information content (AvgIpc) is 2.45. The normalized spacial score (nSPS) is 13.2. The summed E-state index contributed by atoms with van der Waals surface area (Å²) in [6.07, 6.45) is -4.92. The van der Waals surface area contributed by atoms with E-state index in [-0.39, 0.29) is 19.1 Å². The van der Waals surface area contributed by atoms with Crippen LogP contribution in [-0.4, -0.2) is 33.0 Å². The molecule has 1 aromatic carbocycles. The molecule has 120 valence electrons. The fourth-order valence-corrected chi connectivity index (χ4v) is 1.93. The van der Waals surface area contributed by atoms with Crippen LogP contribution in [0, 0.1) is 0 Å². The number of benzene rings is 1. The molecule has 0 bridgehead atoms. The highest BCUT2D eigenvalue weighted by atomic mass is 19.4. The summed E-state index contributed by atoms with van der Waals surface area (Å²) >= 11 is 0. The summed E-state index contributed by atoms with van der Waals surface area (Å²) in [5.74, 6) is 0.764. The van der Waals surface area contributed by atoms with Crippen molar-refractivity contribution in [3.8, 4) is 5.75 Å². The third kappa shape index (κ3) is 7.34. The van der Waals surface area contributed by atoms with E-state index in [2.05, 4.69) is 5.32 Å². The van der Waals surface area contributed by atoms with Crippen LogP contribution in [0.15, 0.2) is 24.3 Å². The molecule has 1 atom stereocenters. The van der Waals surface area contributed by atoms with Crippen molar-refractivity contribution in [2.75, 3.05) is 26.9 Å². The molecular formula is C15H22F3NO2. The fourth-order valence-electron chi connectivity index (χ4n) is 1.93. The maximum Gasteiger partial charge on any atom is 0.389 e. The summed E-state index contributed by atoms with van der Waals surface area (Å²) in [7, 11) is 1.60. The number of rotatable bonds is 9. The molecule has 1 unspecified atom stereocenters. The number of nitrogens with one attached hydrogen (secondary N) is 1. The molecule has 0 heterocycles. The predicted molar refractivity (Wildman–Crippen MR) is 75.5 cm³/mol. The SMILES string of the molecule is CCNC(COCCCC(F)(F)F)c1ccc(OC)cc1. The minimum atomic E-state index is -4.11. The number of halogens is 3. The lowest BCUT2D eigenvalue weighted by atomic mass is 10.1. The van der Waals surface area contributed by atoms with Crippen LogP contribution in [0.1, 0.15) is 31.4 Å². The van der Waals surface area contributed by atoms with Gasteiger partial charge in [0.05, 0.1) is 19.8 Å². The van der Waals surface area contributed by atoms with Crippen molar-refractivity contribution in [2.45, 2.75) is 32.0 Å². The van der Waals surface area contributed by atoms with Gasteiger partial charge >= 0.3 is 6.18 Å². The van der Waals surface area contributed by atoms with Gasteiger partial charge in [0.2, 0.25) is 0 Å². The molecule has 0 fully saturated rings. The molecule has 0 radical (unpaired) electrons. The summed E-state index contributed by atoms with van der Waals surface area (Å²) in [5, 5.41) is 3.26. The maximum atomic E-state index is 12.0. The Morgan fingerprint density at radius 1 is 1.19 bits per heavy atom. The third-order valence-corrected chi connectivity index (χ3v) is 3.00. The lowest BCUT2D eigenvalue weighted by Crippen LogP contribution is -2.25. The molecule has 0 aliphatic carbocycles. The van der Waals surface area contributed by atoms with Gasteiger partial charge in [-0.2, -0.15) is 13.2 Å². The highest BCUT2D eigenvalue weighted by molar-refractivity contribution is 5.29. The van der Waals surface area contributed by atoms with E-state index >= 15 is 0 Å². The highest BCUT2D eigenvalue weighted by Crippen LogP contribution is 2.22. The first-order valence-electron chi connectivity index (χ1n) is 6.98. The first-order valence-corrected chi connectivity index (χ1v) is 6.98. The van der Waals surface area contributed by atoms with Crippen molar-refractivity contribution < 1.29 is 22.6 Å². The number of likely N-dealkylation sites (N-methyl/N-ethyl adjacent to an activating group) is 1. The fraction of sp³-hybridized carbons (Fsp3) is 0.600. The lowest BCUT2D eigenvalue weighted by Gasteiger charge is -2.19. The van der Waals surface area contributed by atoms with Gasteiger partial charge in [0, 0.05) is 13.0 Å². The second kappa shape index (κ2) is 8.89. The van der Waals surface area contributed by atoms with Gasteiger partial charge in [-0.1, -0.05) is 19.1 Å². The molecule has 1 N–H and O–H groups in total. The number of hydrogen-bond donors (Lipinski definition) is 1. The molecule has 0 spiro atoms. The molecule has 1 aromatic rings. The zero-order valence-corrected chi connectivity index (χ0v) is 12.4. The van der Waals surface area contributed by atoms with Crippen LogP contribution in [0.5, 0.6) is 5.75 Å². The smallest absolute Gasteiger partial charge is 0.389 e. The van der Waals surface area contributed by atoms with Crippen molar-refractivity contribution in [3.63, 3.8) is 0 Å². The van der Waals surface area contributed by atoms with Crippen molar-refractivity contribution >= 4 is 0 Å². The first kappa shape index (κ1) is 17.8. The molecule has 0 amide bonds. The Hall–Kier alpha value is -1.27. The quantitative estimate of drug-likeness (QED) is 0.706. The Morgan fingerprint density at radius 3 is 2.38 bits per heavy atom. The van der Waals surface area contributed by atoms with Gasteiger partial charge < -0.3 is 14.8 Å².